The maximum absolute atomic E-state index is 11.9. The van der Waals surface area contributed by atoms with Crippen LogP contribution in [-0.2, 0) is 17.8 Å². The maximum Gasteiger partial charge on any atom is 0.220 e. The quantitative estimate of drug-likeness (QED) is 0.709. The van der Waals surface area contributed by atoms with Gasteiger partial charge >= 0.3 is 0 Å². The zero-order valence-electron chi connectivity index (χ0n) is 13.6. The Morgan fingerprint density at radius 2 is 1.96 bits per heavy atom. The molecule has 1 amide bonds. The predicted octanol–water partition coefficient (Wildman–Crippen LogP) is 3.94. The number of carbonyl (C=O) groups is 1. The van der Waals surface area contributed by atoms with Gasteiger partial charge in [0.1, 0.15) is 5.75 Å². The molecule has 0 fully saturated rings. The molecule has 0 aliphatic carbocycles. The number of para-hydroxylation sites is 1. The number of aryl methyl sites for hydroxylation is 1. The Morgan fingerprint density at radius 3 is 2.71 bits per heavy atom. The molecule has 0 radical (unpaired) electrons. The molecule has 0 aliphatic heterocycles. The van der Waals surface area contributed by atoms with Gasteiger partial charge in [-0.25, -0.2) is 4.98 Å². The Kier molecular flexibility index (Phi) is 5.43. The van der Waals surface area contributed by atoms with E-state index in [1.807, 2.05) is 42.5 Å². The fourth-order valence-corrected chi connectivity index (χ4v) is 3.47. The van der Waals surface area contributed by atoms with E-state index in [4.69, 9.17) is 4.74 Å². The summed E-state index contributed by atoms with van der Waals surface area (Å²) in [5, 5.41) is 4.05. The van der Waals surface area contributed by atoms with Crippen LogP contribution in [0.4, 0.5) is 0 Å². The number of fused-ring (bicyclic) bond motifs is 1. The monoisotopic (exact) mass is 340 g/mol. The van der Waals surface area contributed by atoms with Gasteiger partial charge in [-0.1, -0.05) is 24.3 Å². The summed E-state index contributed by atoms with van der Waals surface area (Å²) < 4.78 is 6.32. The first-order valence-corrected chi connectivity index (χ1v) is 8.80. The second-order valence-electron chi connectivity index (χ2n) is 5.55. The summed E-state index contributed by atoms with van der Waals surface area (Å²) in [6.07, 6.45) is 2.18. The van der Waals surface area contributed by atoms with Crippen molar-refractivity contribution in [3.63, 3.8) is 0 Å². The molecule has 0 bridgehead atoms. The Morgan fingerprint density at radius 1 is 1.17 bits per heavy atom. The van der Waals surface area contributed by atoms with Gasteiger partial charge in [-0.05, 0) is 42.7 Å². The maximum atomic E-state index is 11.9. The summed E-state index contributed by atoms with van der Waals surface area (Å²) in [6, 6.07) is 15.8. The molecule has 0 spiro atoms. The van der Waals surface area contributed by atoms with Crippen LogP contribution in [-0.4, -0.2) is 18.0 Å². The second-order valence-corrected chi connectivity index (χ2v) is 6.67. The highest BCUT2D eigenvalue weighted by atomic mass is 32.1. The molecule has 3 rings (SSSR count). The van der Waals surface area contributed by atoms with Crippen molar-refractivity contribution < 1.29 is 9.53 Å². The van der Waals surface area contributed by atoms with Crippen LogP contribution in [0.1, 0.15) is 23.4 Å². The minimum Gasteiger partial charge on any atom is -0.497 e. The van der Waals surface area contributed by atoms with Crippen LogP contribution in [0, 0.1) is 0 Å². The lowest BCUT2D eigenvalue weighted by molar-refractivity contribution is -0.121. The zero-order valence-corrected chi connectivity index (χ0v) is 14.4. The van der Waals surface area contributed by atoms with Gasteiger partial charge in [-0.2, -0.15) is 0 Å². The van der Waals surface area contributed by atoms with E-state index in [1.54, 1.807) is 18.4 Å². The molecule has 0 unspecified atom stereocenters. The number of benzene rings is 2. The van der Waals surface area contributed by atoms with E-state index >= 15 is 0 Å². The molecule has 1 aromatic heterocycles. The fourth-order valence-electron chi connectivity index (χ4n) is 2.46. The van der Waals surface area contributed by atoms with E-state index in [-0.39, 0.29) is 5.91 Å². The van der Waals surface area contributed by atoms with Crippen molar-refractivity contribution in [2.45, 2.75) is 25.8 Å². The van der Waals surface area contributed by atoms with Crippen LogP contribution < -0.4 is 10.1 Å². The second kappa shape index (κ2) is 7.93. The number of aromatic nitrogens is 1. The van der Waals surface area contributed by atoms with Gasteiger partial charge in [-0.3, -0.25) is 4.79 Å². The van der Waals surface area contributed by atoms with Gasteiger partial charge in [0.15, 0.2) is 0 Å². The molecule has 5 heteroatoms. The van der Waals surface area contributed by atoms with Crippen molar-refractivity contribution in [3.05, 3.63) is 59.1 Å². The highest BCUT2D eigenvalue weighted by Crippen LogP contribution is 2.22. The number of hydrogen-bond acceptors (Lipinski definition) is 4. The Balaban J connectivity index is 1.41. The SMILES string of the molecule is COc1ccc(CNC(=O)CCCc2nc3ccccc3s2)cc1. The molecular formula is C19H20N2O2S. The van der Waals surface area contributed by atoms with Gasteiger partial charge in [0.05, 0.1) is 22.3 Å². The average molecular weight is 340 g/mol. The molecule has 0 aliphatic rings. The molecule has 1 N–H and O–H groups in total. The zero-order chi connectivity index (χ0) is 16.8. The van der Waals surface area contributed by atoms with Crippen LogP contribution in [0.25, 0.3) is 10.2 Å². The first kappa shape index (κ1) is 16.5. The molecular weight excluding hydrogens is 320 g/mol. The highest BCUT2D eigenvalue weighted by molar-refractivity contribution is 7.18. The number of methoxy groups -OCH3 is 1. The van der Waals surface area contributed by atoms with E-state index in [9.17, 15) is 4.79 Å². The molecule has 1 heterocycles. The van der Waals surface area contributed by atoms with Crippen LogP contribution in [0.3, 0.4) is 0 Å². The Labute approximate surface area is 145 Å². The number of carbonyl (C=O) groups excluding carboxylic acids is 1. The fraction of sp³-hybridized carbons (Fsp3) is 0.263. The summed E-state index contributed by atoms with van der Waals surface area (Å²) in [6.45, 7) is 0.546. The minimum absolute atomic E-state index is 0.0759. The lowest BCUT2D eigenvalue weighted by atomic mass is 10.2. The van der Waals surface area contributed by atoms with Gasteiger partial charge in [0, 0.05) is 13.0 Å². The number of ether oxygens (including phenoxy) is 1. The number of nitrogens with one attached hydrogen (secondary N) is 1. The van der Waals surface area contributed by atoms with E-state index < -0.39 is 0 Å². The van der Waals surface area contributed by atoms with Crippen LogP contribution in [0.15, 0.2) is 48.5 Å². The van der Waals surface area contributed by atoms with Crippen molar-refractivity contribution in [3.8, 4) is 5.75 Å². The minimum atomic E-state index is 0.0759. The molecule has 0 atom stereocenters. The number of hydrogen-bond donors (Lipinski definition) is 1. The van der Waals surface area contributed by atoms with Gasteiger partial charge < -0.3 is 10.1 Å². The summed E-state index contributed by atoms with van der Waals surface area (Å²) in [5.41, 5.74) is 2.11. The molecule has 24 heavy (non-hydrogen) atoms. The largest absolute Gasteiger partial charge is 0.497 e. The van der Waals surface area contributed by atoms with Crippen molar-refractivity contribution in [1.82, 2.24) is 10.3 Å². The third-order valence-electron chi connectivity index (χ3n) is 3.78. The van der Waals surface area contributed by atoms with E-state index in [0.717, 1.165) is 34.7 Å². The normalized spacial score (nSPS) is 10.7. The van der Waals surface area contributed by atoms with E-state index in [0.29, 0.717) is 13.0 Å². The van der Waals surface area contributed by atoms with E-state index in [1.165, 1.54) is 4.70 Å². The van der Waals surface area contributed by atoms with Crippen molar-refractivity contribution in [1.29, 1.82) is 0 Å². The van der Waals surface area contributed by atoms with Gasteiger partial charge in [-0.15, -0.1) is 11.3 Å². The number of thiazole rings is 1. The molecule has 0 saturated carbocycles. The standard InChI is InChI=1S/C19H20N2O2S/c1-23-15-11-9-14(10-12-15)13-20-18(22)7-4-8-19-21-16-5-2-3-6-17(16)24-19/h2-3,5-6,9-12H,4,7-8,13H2,1H3,(H,20,22). The summed E-state index contributed by atoms with van der Waals surface area (Å²) in [5.74, 6) is 0.896. The number of rotatable bonds is 7. The molecule has 124 valence electrons. The molecule has 0 saturated heterocycles. The molecule has 4 nitrogen and oxygen atoms in total. The summed E-state index contributed by atoms with van der Waals surface area (Å²) in [4.78, 5) is 16.5. The Bertz CT molecular complexity index is 779. The molecule has 2 aromatic carbocycles. The highest BCUT2D eigenvalue weighted by Gasteiger charge is 2.06. The van der Waals surface area contributed by atoms with Gasteiger partial charge in [0.25, 0.3) is 0 Å². The first-order valence-electron chi connectivity index (χ1n) is 7.98. The number of nitrogens with zero attached hydrogens (tertiary/aromatic N) is 1. The lowest BCUT2D eigenvalue weighted by Crippen LogP contribution is -2.22. The topological polar surface area (TPSA) is 51.2 Å². The smallest absolute Gasteiger partial charge is 0.220 e. The predicted molar refractivity (Wildman–Crippen MR) is 97.4 cm³/mol. The van der Waals surface area contributed by atoms with Crippen LogP contribution in [0.2, 0.25) is 0 Å². The van der Waals surface area contributed by atoms with Crippen LogP contribution in [0.5, 0.6) is 5.75 Å². The summed E-state index contributed by atoms with van der Waals surface area (Å²) in [7, 11) is 1.64. The van der Waals surface area contributed by atoms with Crippen molar-refractivity contribution in [2.75, 3.05) is 7.11 Å². The Hall–Kier alpha value is -2.40. The third-order valence-corrected chi connectivity index (χ3v) is 4.88. The van der Waals surface area contributed by atoms with E-state index in [2.05, 4.69) is 16.4 Å². The van der Waals surface area contributed by atoms with Crippen LogP contribution >= 0.6 is 11.3 Å². The molecule has 3 aromatic rings. The van der Waals surface area contributed by atoms with Crippen molar-refractivity contribution >= 4 is 27.5 Å². The van der Waals surface area contributed by atoms with Gasteiger partial charge in [0.2, 0.25) is 5.91 Å². The number of amides is 1. The average Bonchev–Trinajstić information content (AvgIpc) is 3.03. The third kappa shape index (κ3) is 4.32. The lowest BCUT2D eigenvalue weighted by Gasteiger charge is -2.06. The van der Waals surface area contributed by atoms with Crippen molar-refractivity contribution in [2.24, 2.45) is 0 Å². The summed E-state index contributed by atoms with van der Waals surface area (Å²) >= 11 is 1.71. The first-order chi connectivity index (χ1) is 11.7.